The maximum Gasteiger partial charge on any atom is 0.147 e. The van der Waals surface area contributed by atoms with Crippen molar-refractivity contribution in [3.05, 3.63) is 12.2 Å². The van der Waals surface area contributed by atoms with Crippen LogP contribution in [0.1, 0.15) is 90.4 Å². The fraction of sp³-hybridized carbons (Fsp3) is 0.900. The van der Waals surface area contributed by atoms with Gasteiger partial charge >= 0.3 is 0 Å². The standard InChI is InChI=1S/C20H40O3/c1-3-4-5-6-7-8-9-10-11-12-13-14-15-16-17-20(18-21)23-19-22-2/h16-17,20-21H,3-15,18-19H2,1-2H3/b17-16+/t20-/m1/s1. The summed E-state index contributed by atoms with van der Waals surface area (Å²) in [7, 11) is 1.59. The molecule has 0 aliphatic rings. The van der Waals surface area contributed by atoms with Gasteiger partial charge in [-0.1, -0.05) is 89.7 Å². The molecule has 0 saturated heterocycles. The van der Waals surface area contributed by atoms with E-state index in [0.717, 1.165) is 6.42 Å². The van der Waals surface area contributed by atoms with Crippen LogP contribution >= 0.6 is 0 Å². The third-order valence-corrected chi connectivity index (χ3v) is 4.15. The van der Waals surface area contributed by atoms with E-state index in [1.807, 2.05) is 6.08 Å². The molecule has 0 aliphatic carbocycles. The average Bonchev–Trinajstić information content (AvgIpc) is 2.57. The van der Waals surface area contributed by atoms with Gasteiger partial charge in [-0.2, -0.15) is 0 Å². The quantitative estimate of drug-likeness (QED) is 0.202. The highest BCUT2D eigenvalue weighted by molar-refractivity contribution is 4.89. The number of ether oxygens (including phenoxy) is 2. The fourth-order valence-electron chi connectivity index (χ4n) is 2.68. The van der Waals surface area contributed by atoms with E-state index in [1.165, 1.54) is 77.0 Å². The zero-order chi connectivity index (χ0) is 17.0. The highest BCUT2D eigenvalue weighted by Crippen LogP contribution is 2.12. The smallest absolute Gasteiger partial charge is 0.147 e. The van der Waals surface area contributed by atoms with Crippen molar-refractivity contribution >= 4 is 0 Å². The molecular weight excluding hydrogens is 288 g/mol. The van der Waals surface area contributed by atoms with Gasteiger partial charge in [-0.25, -0.2) is 0 Å². The van der Waals surface area contributed by atoms with Crippen molar-refractivity contribution in [1.82, 2.24) is 0 Å². The Morgan fingerprint density at radius 3 is 1.83 bits per heavy atom. The first kappa shape index (κ1) is 22.6. The molecule has 0 radical (unpaired) electrons. The molecule has 0 unspecified atom stereocenters. The highest BCUT2D eigenvalue weighted by atomic mass is 16.7. The Kier molecular flexibility index (Phi) is 19.3. The molecular formula is C20H40O3. The minimum absolute atomic E-state index is 0.0122. The lowest BCUT2D eigenvalue weighted by Gasteiger charge is -2.09. The minimum Gasteiger partial charge on any atom is -0.393 e. The van der Waals surface area contributed by atoms with Gasteiger partial charge in [0.1, 0.15) is 12.9 Å². The van der Waals surface area contributed by atoms with Crippen molar-refractivity contribution in [3.8, 4) is 0 Å². The summed E-state index contributed by atoms with van der Waals surface area (Å²) in [4.78, 5) is 0. The molecule has 0 spiro atoms. The first-order valence-electron chi connectivity index (χ1n) is 9.73. The number of unbranched alkanes of at least 4 members (excludes halogenated alkanes) is 12. The zero-order valence-electron chi connectivity index (χ0n) is 15.6. The second-order valence-electron chi connectivity index (χ2n) is 6.40. The van der Waals surface area contributed by atoms with E-state index in [4.69, 9.17) is 14.6 Å². The first-order chi connectivity index (χ1) is 11.3. The van der Waals surface area contributed by atoms with Crippen LogP contribution in [-0.4, -0.2) is 31.7 Å². The molecule has 3 nitrogen and oxygen atoms in total. The Morgan fingerprint density at radius 2 is 1.35 bits per heavy atom. The van der Waals surface area contributed by atoms with Crippen molar-refractivity contribution in [1.29, 1.82) is 0 Å². The molecule has 0 amide bonds. The third kappa shape index (κ3) is 17.8. The summed E-state index contributed by atoms with van der Waals surface area (Å²) in [6.07, 6.45) is 21.5. The van der Waals surface area contributed by atoms with E-state index in [2.05, 4.69) is 13.0 Å². The van der Waals surface area contributed by atoms with Crippen LogP contribution in [0.5, 0.6) is 0 Å². The molecule has 1 atom stereocenters. The van der Waals surface area contributed by atoms with E-state index in [1.54, 1.807) is 7.11 Å². The average molecular weight is 329 g/mol. The van der Waals surface area contributed by atoms with Gasteiger partial charge in [0.2, 0.25) is 0 Å². The number of allylic oxidation sites excluding steroid dienone is 1. The Labute approximate surface area is 144 Å². The summed E-state index contributed by atoms with van der Waals surface area (Å²) in [5.41, 5.74) is 0. The maximum absolute atomic E-state index is 9.12. The van der Waals surface area contributed by atoms with Gasteiger partial charge < -0.3 is 14.6 Å². The third-order valence-electron chi connectivity index (χ3n) is 4.15. The maximum atomic E-state index is 9.12. The van der Waals surface area contributed by atoms with Crippen LogP contribution in [0.15, 0.2) is 12.2 Å². The summed E-state index contributed by atoms with van der Waals surface area (Å²) in [6, 6.07) is 0. The second-order valence-corrected chi connectivity index (χ2v) is 6.40. The van der Waals surface area contributed by atoms with Crippen LogP contribution in [0.4, 0.5) is 0 Å². The molecule has 3 heteroatoms. The lowest BCUT2D eigenvalue weighted by Crippen LogP contribution is -2.16. The molecule has 0 rings (SSSR count). The molecule has 0 saturated carbocycles. The molecule has 0 bridgehead atoms. The summed E-state index contributed by atoms with van der Waals surface area (Å²) >= 11 is 0. The van der Waals surface area contributed by atoms with Gasteiger partial charge in [-0.3, -0.25) is 0 Å². The molecule has 0 aromatic rings. The normalized spacial score (nSPS) is 13.0. The molecule has 1 N–H and O–H groups in total. The van der Waals surface area contributed by atoms with Crippen LogP contribution in [0, 0.1) is 0 Å². The molecule has 138 valence electrons. The van der Waals surface area contributed by atoms with Gasteiger partial charge in [-0.05, 0) is 12.8 Å². The summed E-state index contributed by atoms with van der Waals surface area (Å²) in [6.45, 7) is 2.52. The Morgan fingerprint density at radius 1 is 0.826 bits per heavy atom. The number of hydrogen-bond donors (Lipinski definition) is 1. The molecule has 0 aromatic carbocycles. The molecule has 0 aliphatic heterocycles. The number of aliphatic hydroxyl groups excluding tert-OH is 1. The largest absolute Gasteiger partial charge is 0.393 e. The van der Waals surface area contributed by atoms with Crippen molar-refractivity contribution in [2.45, 2.75) is 96.5 Å². The van der Waals surface area contributed by atoms with E-state index < -0.39 is 0 Å². The predicted octanol–water partition coefficient (Wildman–Crippen LogP) is 5.62. The molecule has 0 fully saturated rings. The van der Waals surface area contributed by atoms with Crippen molar-refractivity contribution in [3.63, 3.8) is 0 Å². The number of methoxy groups -OCH3 is 1. The van der Waals surface area contributed by atoms with Gasteiger partial charge in [0.25, 0.3) is 0 Å². The Bertz CT molecular complexity index is 241. The van der Waals surface area contributed by atoms with E-state index in [9.17, 15) is 0 Å². The monoisotopic (exact) mass is 328 g/mol. The van der Waals surface area contributed by atoms with Crippen LogP contribution in [0.25, 0.3) is 0 Å². The Hall–Kier alpha value is -0.380. The Balaban J connectivity index is 3.23. The van der Waals surface area contributed by atoms with E-state index in [-0.39, 0.29) is 19.5 Å². The number of aliphatic hydroxyl groups is 1. The lowest BCUT2D eigenvalue weighted by atomic mass is 10.0. The van der Waals surface area contributed by atoms with Crippen LogP contribution < -0.4 is 0 Å². The van der Waals surface area contributed by atoms with Crippen molar-refractivity contribution < 1.29 is 14.6 Å². The second kappa shape index (κ2) is 19.7. The summed E-state index contributed by atoms with van der Waals surface area (Å²) in [5, 5.41) is 9.12. The van der Waals surface area contributed by atoms with Crippen LogP contribution in [0.3, 0.4) is 0 Å². The molecule has 0 heterocycles. The van der Waals surface area contributed by atoms with Gasteiger partial charge in [-0.15, -0.1) is 0 Å². The van der Waals surface area contributed by atoms with Crippen molar-refractivity contribution in [2.75, 3.05) is 20.5 Å². The molecule has 23 heavy (non-hydrogen) atoms. The van der Waals surface area contributed by atoms with Crippen LogP contribution in [0.2, 0.25) is 0 Å². The predicted molar refractivity (Wildman–Crippen MR) is 98.7 cm³/mol. The van der Waals surface area contributed by atoms with E-state index in [0.29, 0.717) is 0 Å². The van der Waals surface area contributed by atoms with E-state index >= 15 is 0 Å². The minimum atomic E-state index is -0.229. The first-order valence-corrected chi connectivity index (χ1v) is 9.73. The number of rotatable bonds is 18. The zero-order valence-corrected chi connectivity index (χ0v) is 15.6. The summed E-state index contributed by atoms with van der Waals surface area (Å²) < 4.78 is 10.1. The molecule has 0 aromatic heterocycles. The van der Waals surface area contributed by atoms with Crippen molar-refractivity contribution in [2.24, 2.45) is 0 Å². The van der Waals surface area contributed by atoms with Gasteiger partial charge in [0.15, 0.2) is 0 Å². The van der Waals surface area contributed by atoms with Gasteiger partial charge in [0, 0.05) is 7.11 Å². The number of hydrogen-bond acceptors (Lipinski definition) is 3. The SMILES string of the molecule is CCCCCCCCCCCCCC/C=C/[C@H](CO)OCOC. The topological polar surface area (TPSA) is 38.7 Å². The van der Waals surface area contributed by atoms with Gasteiger partial charge in [0.05, 0.1) is 6.61 Å². The fourth-order valence-corrected chi connectivity index (χ4v) is 2.68. The summed E-state index contributed by atoms with van der Waals surface area (Å²) in [5.74, 6) is 0. The lowest BCUT2D eigenvalue weighted by molar-refractivity contribution is -0.0694. The highest BCUT2D eigenvalue weighted by Gasteiger charge is 2.01. The van der Waals surface area contributed by atoms with Crippen LogP contribution in [-0.2, 0) is 9.47 Å².